The molecule has 1 aromatic carbocycles. The third kappa shape index (κ3) is 7.34. The van der Waals surface area contributed by atoms with Crippen LogP contribution in [0.3, 0.4) is 0 Å². The van der Waals surface area contributed by atoms with E-state index in [1.807, 2.05) is 18.2 Å². The second-order valence-electron chi connectivity index (χ2n) is 5.81. The molecule has 0 aliphatic heterocycles. The number of benzene rings is 1. The topological polar surface area (TPSA) is 60.2 Å². The number of Topliss-reactive ketones (excluding diaryl/α,β-unsaturated/α-hetero) is 1. The molecule has 0 aromatic heterocycles. The van der Waals surface area contributed by atoms with Gasteiger partial charge >= 0.3 is 0 Å². The molecule has 1 aromatic rings. The molecule has 0 saturated heterocycles. The van der Waals surface area contributed by atoms with E-state index in [0.717, 1.165) is 44.9 Å². The van der Waals surface area contributed by atoms with E-state index in [0.29, 0.717) is 12.8 Å². The van der Waals surface area contributed by atoms with Crippen molar-refractivity contribution in [2.45, 2.75) is 70.8 Å². The lowest BCUT2D eigenvalue weighted by Crippen LogP contribution is -2.29. The molecule has 0 spiro atoms. The van der Waals surface area contributed by atoms with Crippen LogP contribution in [0.15, 0.2) is 30.3 Å². The van der Waals surface area contributed by atoms with Gasteiger partial charge in [0.2, 0.25) is 5.78 Å². The van der Waals surface area contributed by atoms with Crippen molar-refractivity contribution in [3.63, 3.8) is 0 Å². The minimum Gasteiger partial charge on any atom is -0.292 e. The fraction of sp³-hybridized carbons (Fsp3) is 0.611. The summed E-state index contributed by atoms with van der Waals surface area (Å²) in [5.41, 5.74) is 1.25. The van der Waals surface area contributed by atoms with Gasteiger partial charge in [-0.3, -0.25) is 14.9 Å². The predicted octanol–water partition coefficient (Wildman–Crippen LogP) is 4.58. The summed E-state index contributed by atoms with van der Waals surface area (Å²) in [6, 6.07) is 9.12. The highest BCUT2D eigenvalue weighted by Crippen LogP contribution is 2.13. The van der Waals surface area contributed by atoms with Crippen LogP contribution in [0.1, 0.15) is 63.9 Å². The number of carbonyl (C=O) groups excluding carboxylic acids is 1. The molecule has 0 aliphatic rings. The lowest BCUT2D eigenvalue weighted by Gasteiger charge is -2.08. The Morgan fingerprint density at radius 1 is 1.09 bits per heavy atom. The Labute approximate surface area is 133 Å². The number of hydrogen-bond donors (Lipinski definition) is 0. The van der Waals surface area contributed by atoms with Crippen LogP contribution >= 0.6 is 0 Å². The van der Waals surface area contributed by atoms with Crippen molar-refractivity contribution in [2.75, 3.05) is 0 Å². The van der Waals surface area contributed by atoms with Gasteiger partial charge < -0.3 is 0 Å². The normalized spacial score (nSPS) is 12.0. The predicted molar refractivity (Wildman–Crippen MR) is 88.5 cm³/mol. The standard InChI is InChI=1S/C18H27NO3/c1-2-3-4-8-14-17(19(21)22)18(20)15-10-9-13-16-11-6-5-7-12-16/h5-7,11-12,17H,2-4,8-10,13-15H2,1H3. The Balaban J connectivity index is 2.26. The molecule has 0 bridgehead atoms. The molecule has 1 atom stereocenters. The highest BCUT2D eigenvalue weighted by molar-refractivity contribution is 5.82. The molecule has 22 heavy (non-hydrogen) atoms. The van der Waals surface area contributed by atoms with Crippen LogP contribution in [-0.2, 0) is 11.2 Å². The smallest absolute Gasteiger partial charge is 0.270 e. The first-order valence-corrected chi connectivity index (χ1v) is 8.35. The summed E-state index contributed by atoms with van der Waals surface area (Å²) >= 11 is 0. The van der Waals surface area contributed by atoms with Gasteiger partial charge in [0.15, 0.2) is 0 Å². The van der Waals surface area contributed by atoms with Crippen molar-refractivity contribution in [1.82, 2.24) is 0 Å². The lowest BCUT2D eigenvalue weighted by atomic mass is 9.99. The summed E-state index contributed by atoms with van der Waals surface area (Å²) in [5, 5.41) is 11.0. The third-order valence-electron chi connectivity index (χ3n) is 3.94. The van der Waals surface area contributed by atoms with Crippen molar-refractivity contribution >= 4 is 5.78 Å². The quantitative estimate of drug-likeness (QED) is 0.322. The van der Waals surface area contributed by atoms with Crippen LogP contribution in [0.25, 0.3) is 0 Å². The number of rotatable bonds is 12. The molecular weight excluding hydrogens is 278 g/mol. The molecule has 0 aliphatic carbocycles. The van der Waals surface area contributed by atoms with Crippen LogP contribution in [0.5, 0.6) is 0 Å². The average Bonchev–Trinajstić information content (AvgIpc) is 2.52. The Morgan fingerprint density at radius 2 is 1.82 bits per heavy atom. The Hall–Kier alpha value is -1.71. The number of nitro groups is 1. The van der Waals surface area contributed by atoms with Gasteiger partial charge in [0.25, 0.3) is 6.04 Å². The number of ketones is 1. The molecule has 4 nitrogen and oxygen atoms in total. The Bertz CT molecular complexity index is 445. The molecule has 122 valence electrons. The molecule has 1 unspecified atom stereocenters. The van der Waals surface area contributed by atoms with E-state index in [-0.39, 0.29) is 5.78 Å². The first-order valence-electron chi connectivity index (χ1n) is 8.35. The van der Waals surface area contributed by atoms with Crippen molar-refractivity contribution in [3.05, 3.63) is 46.0 Å². The van der Waals surface area contributed by atoms with Crippen LogP contribution in [-0.4, -0.2) is 16.7 Å². The van der Waals surface area contributed by atoms with E-state index >= 15 is 0 Å². The van der Waals surface area contributed by atoms with E-state index in [4.69, 9.17) is 0 Å². The summed E-state index contributed by atoms with van der Waals surface area (Å²) < 4.78 is 0. The lowest BCUT2D eigenvalue weighted by molar-refractivity contribution is -0.508. The average molecular weight is 305 g/mol. The van der Waals surface area contributed by atoms with E-state index in [2.05, 4.69) is 19.1 Å². The molecule has 0 saturated carbocycles. The summed E-state index contributed by atoms with van der Waals surface area (Å²) in [7, 11) is 0. The summed E-state index contributed by atoms with van der Waals surface area (Å²) in [4.78, 5) is 22.7. The van der Waals surface area contributed by atoms with Crippen molar-refractivity contribution in [3.8, 4) is 0 Å². The zero-order valence-electron chi connectivity index (χ0n) is 13.5. The summed E-state index contributed by atoms with van der Waals surface area (Å²) in [5.74, 6) is -0.199. The van der Waals surface area contributed by atoms with Crippen molar-refractivity contribution in [2.24, 2.45) is 0 Å². The zero-order valence-corrected chi connectivity index (χ0v) is 13.5. The maximum atomic E-state index is 12.0. The molecule has 0 amide bonds. The van der Waals surface area contributed by atoms with Gasteiger partial charge in [-0.2, -0.15) is 0 Å². The number of hydrogen-bond acceptors (Lipinski definition) is 3. The SMILES string of the molecule is CCCCCCC(C(=O)CCCCc1ccccc1)[N+](=O)[O-]. The number of aryl methyl sites for hydroxylation is 1. The second kappa shape index (κ2) is 10.9. The van der Waals surface area contributed by atoms with Gasteiger partial charge in [0.05, 0.1) is 0 Å². The zero-order chi connectivity index (χ0) is 16.2. The molecule has 0 N–H and O–H groups in total. The van der Waals surface area contributed by atoms with Crippen LogP contribution in [0.4, 0.5) is 0 Å². The van der Waals surface area contributed by atoms with Gasteiger partial charge in [-0.15, -0.1) is 0 Å². The highest BCUT2D eigenvalue weighted by atomic mass is 16.6. The summed E-state index contributed by atoms with van der Waals surface area (Å²) in [6.45, 7) is 2.10. The van der Waals surface area contributed by atoms with Crippen LogP contribution in [0.2, 0.25) is 0 Å². The minimum atomic E-state index is -0.992. The molecule has 0 radical (unpaired) electrons. The van der Waals surface area contributed by atoms with E-state index in [1.165, 1.54) is 5.56 Å². The fourth-order valence-corrected chi connectivity index (χ4v) is 2.59. The maximum absolute atomic E-state index is 12.0. The molecule has 0 fully saturated rings. The van der Waals surface area contributed by atoms with Crippen LogP contribution in [0, 0.1) is 10.1 Å². The fourth-order valence-electron chi connectivity index (χ4n) is 2.59. The van der Waals surface area contributed by atoms with Gasteiger partial charge in [-0.1, -0.05) is 56.5 Å². The third-order valence-corrected chi connectivity index (χ3v) is 3.94. The van der Waals surface area contributed by atoms with Crippen molar-refractivity contribution < 1.29 is 9.72 Å². The number of unbranched alkanes of at least 4 members (excludes halogenated alkanes) is 4. The molecule has 0 heterocycles. The van der Waals surface area contributed by atoms with E-state index in [9.17, 15) is 14.9 Å². The first-order chi connectivity index (χ1) is 10.6. The van der Waals surface area contributed by atoms with E-state index in [1.54, 1.807) is 0 Å². The number of nitrogens with zero attached hydrogens (tertiary/aromatic N) is 1. The highest BCUT2D eigenvalue weighted by Gasteiger charge is 2.27. The number of carbonyl (C=O) groups is 1. The molecule has 4 heteroatoms. The van der Waals surface area contributed by atoms with Gasteiger partial charge in [-0.05, 0) is 31.2 Å². The molecule has 1 rings (SSSR count). The Kier molecular flexibility index (Phi) is 9.12. The maximum Gasteiger partial charge on any atom is 0.270 e. The van der Waals surface area contributed by atoms with Crippen LogP contribution < -0.4 is 0 Å². The Morgan fingerprint density at radius 3 is 2.45 bits per heavy atom. The van der Waals surface area contributed by atoms with Gasteiger partial charge in [-0.25, -0.2) is 0 Å². The summed E-state index contributed by atoms with van der Waals surface area (Å²) in [6.07, 6.45) is 7.19. The van der Waals surface area contributed by atoms with Gasteiger partial charge in [0.1, 0.15) is 0 Å². The second-order valence-corrected chi connectivity index (χ2v) is 5.81. The first kappa shape index (κ1) is 18.3. The molecular formula is C18H27NO3. The van der Waals surface area contributed by atoms with Crippen molar-refractivity contribution in [1.29, 1.82) is 0 Å². The monoisotopic (exact) mass is 305 g/mol. The van der Waals surface area contributed by atoms with Gasteiger partial charge in [0, 0.05) is 17.8 Å². The largest absolute Gasteiger partial charge is 0.292 e. The van der Waals surface area contributed by atoms with E-state index < -0.39 is 11.0 Å². The minimum absolute atomic E-state index is 0.199.